The van der Waals surface area contributed by atoms with Gasteiger partial charge in [-0.3, -0.25) is 0 Å². The van der Waals surface area contributed by atoms with Gasteiger partial charge in [-0.05, 0) is 30.9 Å². The first kappa shape index (κ1) is 12.9. The summed E-state index contributed by atoms with van der Waals surface area (Å²) in [6, 6.07) is 6.22. The van der Waals surface area contributed by atoms with Gasteiger partial charge in [0, 0.05) is 0 Å². The number of hydrogen-bond acceptors (Lipinski definition) is 2. The third-order valence-corrected chi connectivity index (χ3v) is 3.13. The number of allylic oxidation sites excluding steroid dienone is 2. The lowest BCUT2D eigenvalue weighted by atomic mass is 10.0. The van der Waals surface area contributed by atoms with Crippen LogP contribution in [-0.2, 0) is 17.6 Å². The molecule has 96 valence electrons. The quantitative estimate of drug-likeness (QED) is 0.542. The maximum Gasteiger partial charge on any atom is 0.126 e. The number of hydrogen-bond donors (Lipinski definition) is 0. The number of rotatable bonds is 7. The Hall–Kier alpha value is -1.54. The van der Waals surface area contributed by atoms with Crippen LogP contribution in [0.2, 0.25) is 0 Å². The summed E-state index contributed by atoms with van der Waals surface area (Å²) in [7, 11) is 0. The van der Waals surface area contributed by atoms with Crippen molar-refractivity contribution in [2.75, 3.05) is 6.61 Å². The second kappa shape index (κ2) is 5.87. The Morgan fingerprint density at radius 2 is 1.78 bits per heavy atom. The minimum atomic E-state index is 0.248. The molecule has 0 N–H and O–H groups in total. The van der Waals surface area contributed by atoms with E-state index < -0.39 is 0 Å². The topological polar surface area (TPSA) is 21.8 Å². The van der Waals surface area contributed by atoms with E-state index >= 15 is 0 Å². The molecule has 2 nitrogen and oxygen atoms in total. The van der Waals surface area contributed by atoms with E-state index in [1.807, 2.05) is 12.2 Å². The van der Waals surface area contributed by atoms with Gasteiger partial charge < -0.3 is 9.47 Å². The highest BCUT2D eigenvalue weighted by molar-refractivity contribution is 5.43. The van der Waals surface area contributed by atoms with Crippen molar-refractivity contribution in [1.29, 1.82) is 0 Å². The molecule has 1 heterocycles. The number of para-hydroxylation sites is 1. The highest BCUT2D eigenvalue weighted by Gasteiger charge is 2.35. The van der Waals surface area contributed by atoms with Crippen molar-refractivity contribution in [3.05, 3.63) is 54.6 Å². The molecule has 1 aliphatic rings. The Bertz CT molecular complexity index is 408. The summed E-state index contributed by atoms with van der Waals surface area (Å²) in [5, 5.41) is 0. The summed E-state index contributed by atoms with van der Waals surface area (Å²) >= 11 is 0. The fourth-order valence-corrected chi connectivity index (χ4v) is 2.03. The van der Waals surface area contributed by atoms with Gasteiger partial charge in [0.2, 0.25) is 0 Å². The number of benzene rings is 1. The second-order valence-corrected chi connectivity index (χ2v) is 4.58. The fourth-order valence-electron chi connectivity index (χ4n) is 2.03. The van der Waals surface area contributed by atoms with Crippen molar-refractivity contribution in [3.8, 4) is 5.75 Å². The summed E-state index contributed by atoms with van der Waals surface area (Å²) in [6.07, 6.45) is 6.02. The molecule has 0 radical (unpaired) electrons. The van der Waals surface area contributed by atoms with Crippen LogP contribution in [0.1, 0.15) is 18.1 Å². The average molecular weight is 244 g/mol. The van der Waals surface area contributed by atoms with Gasteiger partial charge in [-0.2, -0.15) is 0 Å². The summed E-state index contributed by atoms with van der Waals surface area (Å²) in [5.41, 5.74) is 2.36. The van der Waals surface area contributed by atoms with Gasteiger partial charge >= 0.3 is 0 Å². The largest absolute Gasteiger partial charge is 0.490 e. The molecule has 1 fully saturated rings. The third kappa shape index (κ3) is 3.02. The molecule has 1 aromatic rings. The van der Waals surface area contributed by atoms with E-state index in [2.05, 4.69) is 38.3 Å². The predicted molar refractivity (Wildman–Crippen MR) is 74.1 cm³/mol. The molecule has 0 aromatic heterocycles. The average Bonchev–Trinajstić information content (AvgIpc) is 3.05. The monoisotopic (exact) mass is 244 g/mol. The summed E-state index contributed by atoms with van der Waals surface area (Å²) in [6.45, 7) is 10.3. The van der Waals surface area contributed by atoms with E-state index in [4.69, 9.17) is 9.47 Å². The van der Waals surface area contributed by atoms with Crippen molar-refractivity contribution in [1.82, 2.24) is 0 Å². The number of ether oxygens (including phenoxy) is 2. The molecule has 0 saturated carbocycles. The lowest BCUT2D eigenvalue weighted by molar-refractivity contribution is 0.257. The van der Waals surface area contributed by atoms with Crippen LogP contribution in [0.25, 0.3) is 0 Å². The minimum absolute atomic E-state index is 0.248. The highest BCUT2D eigenvalue weighted by atomic mass is 16.6. The molecule has 1 aromatic carbocycles. The smallest absolute Gasteiger partial charge is 0.126 e. The van der Waals surface area contributed by atoms with Crippen molar-refractivity contribution in [2.24, 2.45) is 0 Å². The van der Waals surface area contributed by atoms with Crippen molar-refractivity contribution in [2.45, 2.75) is 32.0 Å². The summed E-state index contributed by atoms with van der Waals surface area (Å²) in [5.74, 6) is 0.972. The van der Waals surface area contributed by atoms with E-state index in [1.165, 1.54) is 11.1 Å². The Labute approximate surface area is 109 Å². The van der Waals surface area contributed by atoms with Crippen LogP contribution in [0.4, 0.5) is 0 Å². The normalized spacial score (nSPS) is 21.4. The maximum absolute atomic E-state index is 5.95. The van der Waals surface area contributed by atoms with Crippen molar-refractivity contribution >= 4 is 0 Å². The molecule has 1 aliphatic heterocycles. The second-order valence-electron chi connectivity index (χ2n) is 4.58. The number of epoxide rings is 1. The van der Waals surface area contributed by atoms with Crippen LogP contribution in [0.15, 0.2) is 43.5 Å². The SMILES string of the molecule is C=CCc1cccc(CC=C)c1OCC1OC1C. The fraction of sp³-hybridized carbons (Fsp3) is 0.375. The molecule has 18 heavy (non-hydrogen) atoms. The molecular formula is C16H20O2. The van der Waals surface area contributed by atoms with E-state index in [0.29, 0.717) is 12.7 Å². The molecule has 0 bridgehead atoms. The Morgan fingerprint density at radius 3 is 2.22 bits per heavy atom. The van der Waals surface area contributed by atoms with Crippen LogP contribution < -0.4 is 4.74 Å². The molecule has 2 atom stereocenters. The molecule has 0 spiro atoms. The van der Waals surface area contributed by atoms with E-state index in [9.17, 15) is 0 Å². The van der Waals surface area contributed by atoms with Gasteiger partial charge in [-0.1, -0.05) is 30.4 Å². The molecule has 2 heteroatoms. The first-order valence-corrected chi connectivity index (χ1v) is 6.37. The maximum atomic E-state index is 5.95. The van der Waals surface area contributed by atoms with Gasteiger partial charge in [0.1, 0.15) is 18.5 Å². The summed E-state index contributed by atoms with van der Waals surface area (Å²) < 4.78 is 11.3. The standard InChI is InChI=1S/C16H20O2/c1-4-7-13-9-6-10-14(8-5-2)16(13)17-11-15-12(3)18-15/h4-6,9-10,12,15H,1-2,7-8,11H2,3H3. The van der Waals surface area contributed by atoms with E-state index in [1.54, 1.807) is 0 Å². The van der Waals surface area contributed by atoms with E-state index in [0.717, 1.165) is 18.6 Å². The Morgan fingerprint density at radius 1 is 1.22 bits per heavy atom. The van der Waals surface area contributed by atoms with Crippen molar-refractivity contribution < 1.29 is 9.47 Å². The van der Waals surface area contributed by atoms with Gasteiger partial charge in [0.25, 0.3) is 0 Å². The molecule has 0 aliphatic carbocycles. The lowest BCUT2D eigenvalue weighted by Crippen LogP contribution is -2.09. The molecule has 1 saturated heterocycles. The third-order valence-electron chi connectivity index (χ3n) is 3.13. The first-order chi connectivity index (χ1) is 8.76. The van der Waals surface area contributed by atoms with Crippen molar-refractivity contribution in [3.63, 3.8) is 0 Å². The molecule has 2 unspecified atom stereocenters. The van der Waals surface area contributed by atoms with Gasteiger partial charge in [0.05, 0.1) is 6.10 Å². The lowest BCUT2D eigenvalue weighted by Gasteiger charge is -2.14. The molecular weight excluding hydrogens is 224 g/mol. The molecule has 0 amide bonds. The summed E-state index contributed by atoms with van der Waals surface area (Å²) in [4.78, 5) is 0. The zero-order valence-corrected chi connectivity index (χ0v) is 10.9. The van der Waals surface area contributed by atoms with Crippen LogP contribution in [0.5, 0.6) is 5.75 Å². The van der Waals surface area contributed by atoms with Crippen LogP contribution in [-0.4, -0.2) is 18.8 Å². The van der Waals surface area contributed by atoms with Gasteiger partial charge in [-0.15, -0.1) is 13.2 Å². The van der Waals surface area contributed by atoms with Crippen LogP contribution in [0, 0.1) is 0 Å². The van der Waals surface area contributed by atoms with E-state index in [-0.39, 0.29) is 6.10 Å². The Kier molecular flexibility index (Phi) is 4.21. The molecule has 2 rings (SSSR count). The van der Waals surface area contributed by atoms with Gasteiger partial charge in [-0.25, -0.2) is 0 Å². The first-order valence-electron chi connectivity index (χ1n) is 6.37. The zero-order valence-electron chi connectivity index (χ0n) is 10.9. The predicted octanol–water partition coefficient (Wildman–Crippen LogP) is 3.31. The Balaban J connectivity index is 2.15. The highest BCUT2D eigenvalue weighted by Crippen LogP contribution is 2.28. The minimum Gasteiger partial charge on any atom is -0.490 e. The van der Waals surface area contributed by atoms with Crippen LogP contribution in [0.3, 0.4) is 0 Å². The van der Waals surface area contributed by atoms with Gasteiger partial charge in [0.15, 0.2) is 0 Å². The van der Waals surface area contributed by atoms with Crippen LogP contribution >= 0.6 is 0 Å². The zero-order chi connectivity index (χ0) is 13.0.